The first-order valence-electron chi connectivity index (χ1n) is 7.82. The molecule has 1 aliphatic heterocycles. The van der Waals surface area contributed by atoms with Crippen LogP contribution < -0.4 is 10.1 Å². The number of nitrogens with zero attached hydrogens (tertiary/aromatic N) is 3. The molecule has 3 aromatic rings. The van der Waals surface area contributed by atoms with Crippen LogP contribution in [0.4, 0.5) is 0 Å². The van der Waals surface area contributed by atoms with Gasteiger partial charge in [0.25, 0.3) is 0 Å². The Labute approximate surface area is 157 Å². The van der Waals surface area contributed by atoms with E-state index < -0.39 is 0 Å². The van der Waals surface area contributed by atoms with Crippen LogP contribution in [-0.4, -0.2) is 28.4 Å². The van der Waals surface area contributed by atoms with Gasteiger partial charge in [0.15, 0.2) is 0 Å². The minimum Gasteiger partial charge on any atom is -0.496 e. The number of hydrogen-bond acceptors (Lipinski definition) is 4. The number of pyridine rings is 1. The molecule has 25 heavy (non-hydrogen) atoms. The van der Waals surface area contributed by atoms with Crippen molar-refractivity contribution < 1.29 is 4.74 Å². The van der Waals surface area contributed by atoms with E-state index in [0.717, 1.165) is 47.8 Å². The monoisotopic (exact) mass is 376 g/mol. The molecule has 130 valence electrons. The molecule has 0 aliphatic carbocycles. The third kappa shape index (κ3) is 3.23. The van der Waals surface area contributed by atoms with Crippen molar-refractivity contribution in [1.82, 2.24) is 20.1 Å². The van der Waals surface area contributed by atoms with Gasteiger partial charge in [-0.2, -0.15) is 5.10 Å². The Morgan fingerprint density at radius 2 is 2.00 bits per heavy atom. The first kappa shape index (κ1) is 17.7. The molecule has 1 N–H and O–H groups in total. The van der Waals surface area contributed by atoms with E-state index in [2.05, 4.69) is 15.0 Å². The first-order valence-corrected chi connectivity index (χ1v) is 8.20. The highest BCUT2D eigenvalue weighted by Gasteiger charge is 2.24. The predicted octanol–water partition coefficient (Wildman–Crippen LogP) is 3.80. The lowest BCUT2D eigenvalue weighted by Crippen LogP contribution is -2.28. The van der Waals surface area contributed by atoms with E-state index >= 15 is 0 Å². The van der Waals surface area contributed by atoms with Gasteiger partial charge in [-0.15, -0.1) is 12.4 Å². The molecule has 0 bridgehead atoms. The van der Waals surface area contributed by atoms with Gasteiger partial charge in [0.2, 0.25) is 0 Å². The number of benzene rings is 1. The van der Waals surface area contributed by atoms with Crippen molar-refractivity contribution in [3.63, 3.8) is 0 Å². The van der Waals surface area contributed by atoms with Crippen LogP contribution in [0.15, 0.2) is 42.7 Å². The summed E-state index contributed by atoms with van der Waals surface area (Å²) in [7, 11) is 1.65. The van der Waals surface area contributed by atoms with Crippen LogP contribution in [0.1, 0.15) is 5.69 Å². The zero-order chi connectivity index (χ0) is 16.5. The summed E-state index contributed by atoms with van der Waals surface area (Å²) in [5.74, 6) is 0.723. The highest BCUT2D eigenvalue weighted by Crippen LogP contribution is 2.40. The lowest BCUT2D eigenvalue weighted by atomic mass is 9.98. The van der Waals surface area contributed by atoms with E-state index in [4.69, 9.17) is 21.4 Å². The van der Waals surface area contributed by atoms with E-state index in [1.807, 2.05) is 30.3 Å². The maximum atomic E-state index is 6.12. The molecular formula is C18H18Cl2N4O. The minimum absolute atomic E-state index is 0. The zero-order valence-corrected chi connectivity index (χ0v) is 15.3. The number of rotatable bonds is 3. The zero-order valence-electron chi connectivity index (χ0n) is 13.7. The van der Waals surface area contributed by atoms with E-state index in [9.17, 15) is 0 Å². The molecule has 0 atom stereocenters. The summed E-state index contributed by atoms with van der Waals surface area (Å²) in [5, 5.41) is 8.94. The number of halogens is 2. The van der Waals surface area contributed by atoms with Gasteiger partial charge in [0, 0.05) is 41.6 Å². The lowest BCUT2D eigenvalue weighted by Gasteiger charge is -2.16. The molecule has 1 aromatic carbocycles. The van der Waals surface area contributed by atoms with Crippen LogP contribution in [0.2, 0.25) is 5.02 Å². The van der Waals surface area contributed by atoms with E-state index in [0.29, 0.717) is 5.02 Å². The molecule has 0 fully saturated rings. The summed E-state index contributed by atoms with van der Waals surface area (Å²) < 4.78 is 7.62. The van der Waals surface area contributed by atoms with Crippen molar-refractivity contribution in [2.75, 3.05) is 13.7 Å². The number of nitrogens with one attached hydrogen (secondary N) is 1. The standard InChI is InChI=1S/C18H17ClN4O.ClH/c1-24-16-10-13(19)2-3-14(16)18-17(12-4-6-20-7-5-12)15-11-21-8-9-23(15)22-18;/h2-7,10,21H,8-9,11H2,1H3;1H. The van der Waals surface area contributed by atoms with Crippen molar-refractivity contribution in [3.05, 3.63) is 53.4 Å². The molecule has 1 aliphatic rings. The smallest absolute Gasteiger partial charge is 0.129 e. The average Bonchev–Trinajstić information content (AvgIpc) is 3.01. The Bertz CT molecular complexity index is 880. The topological polar surface area (TPSA) is 52.0 Å². The summed E-state index contributed by atoms with van der Waals surface area (Å²) in [6.07, 6.45) is 3.61. The predicted molar refractivity (Wildman–Crippen MR) is 101 cm³/mol. The quantitative estimate of drug-likeness (QED) is 0.755. The highest BCUT2D eigenvalue weighted by molar-refractivity contribution is 6.30. The SMILES string of the molecule is COc1cc(Cl)ccc1-c1nn2c(c1-c1ccncc1)CNCC2.Cl. The van der Waals surface area contributed by atoms with Crippen LogP contribution in [0.3, 0.4) is 0 Å². The van der Waals surface area contributed by atoms with Crippen LogP contribution in [-0.2, 0) is 13.1 Å². The molecule has 0 radical (unpaired) electrons. The second-order valence-electron chi connectivity index (χ2n) is 5.65. The Kier molecular flexibility index (Phi) is 5.27. The molecule has 0 saturated carbocycles. The Morgan fingerprint density at radius 1 is 1.20 bits per heavy atom. The van der Waals surface area contributed by atoms with Crippen molar-refractivity contribution in [1.29, 1.82) is 0 Å². The molecule has 0 saturated heterocycles. The number of aromatic nitrogens is 3. The molecule has 0 spiro atoms. The fourth-order valence-corrected chi connectivity index (χ4v) is 3.29. The molecule has 0 unspecified atom stereocenters. The van der Waals surface area contributed by atoms with Gasteiger partial charge in [-0.1, -0.05) is 11.6 Å². The number of methoxy groups -OCH3 is 1. The Hall–Kier alpha value is -2.08. The summed E-state index contributed by atoms with van der Waals surface area (Å²) in [6, 6.07) is 9.68. The second-order valence-corrected chi connectivity index (χ2v) is 6.09. The Balaban J connectivity index is 0.00000182. The summed E-state index contributed by atoms with van der Waals surface area (Å²) in [5.41, 5.74) is 5.25. The maximum Gasteiger partial charge on any atom is 0.129 e. The van der Waals surface area contributed by atoms with Gasteiger partial charge < -0.3 is 10.1 Å². The number of hydrogen-bond donors (Lipinski definition) is 1. The fraction of sp³-hybridized carbons (Fsp3) is 0.222. The summed E-state index contributed by atoms with van der Waals surface area (Å²) >= 11 is 6.12. The van der Waals surface area contributed by atoms with Gasteiger partial charge in [-0.25, -0.2) is 0 Å². The van der Waals surface area contributed by atoms with Crippen LogP contribution in [0.25, 0.3) is 22.4 Å². The average molecular weight is 377 g/mol. The number of fused-ring (bicyclic) bond motifs is 1. The van der Waals surface area contributed by atoms with Crippen LogP contribution >= 0.6 is 24.0 Å². The third-order valence-corrected chi connectivity index (χ3v) is 4.47. The number of ether oxygens (including phenoxy) is 1. The molecule has 2 aromatic heterocycles. The minimum atomic E-state index is 0. The molecule has 7 heteroatoms. The fourth-order valence-electron chi connectivity index (χ4n) is 3.12. The van der Waals surface area contributed by atoms with Gasteiger partial charge in [-0.05, 0) is 35.9 Å². The van der Waals surface area contributed by atoms with E-state index in [1.54, 1.807) is 19.5 Å². The second kappa shape index (κ2) is 7.44. The van der Waals surface area contributed by atoms with Crippen LogP contribution in [0, 0.1) is 0 Å². The van der Waals surface area contributed by atoms with Gasteiger partial charge >= 0.3 is 0 Å². The summed E-state index contributed by atoms with van der Waals surface area (Å²) in [4.78, 5) is 4.13. The van der Waals surface area contributed by atoms with Crippen molar-refractivity contribution in [3.8, 4) is 28.1 Å². The largest absolute Gasteiger partial charge is 0.496 e. The van der Waals surface area contributed by atoms with E-state index in [1.165, 1.54) is 5.69 Å². The summed E-state index contributed by atoms with van der Waals surface area (Å²) in [6.45, 7) is 2.56. The van der Waals surface area contributed by atoms with Gasteiger partial charge in [0.05, 0.1) is 19.3 Å². The maximum absolute atomic E-state index is 6.12. The highest BCUT2D eigenvalue weighted by atomic mass is 35.5. The molecule has 0 amide bonds. The lowest BCUT2D eigenvalue weighted by molar-refractivity contribution is 0.416. The molecule has 5 nitrogen and oxygen atoms in total. The van der Waals surface area contributed by atoms with Crippen molar-refractivity contribution in [2.24, 2.45) is 0 Å². The first-order chi connectivity index (χ1) is 11.8. The molecule has 4 rings (SSSR count). The van der Waals surface area contributed by atoms with Gasteiger partial charge in [0.1, 0.15) is 11.4 Å². The molecular weight excluding hydrogens is 359 g/mol. The van der Waals surface area contributed by atoms with Crippen LogP contribution in [0.5, 0.6) is 5.75 Å². The normalized spacial score (nSPS) is 13.0. The van der Waals surface area contributed by atoms with Crippen molar-refractivity contribution >= 4 is 24.0 Å². The Morgan fingerprint density at radius 3 is 2.76 bits per heavy atom. The van der Waals surface area contributed by atoms with Gasteiger partial charge in [-0.3, -0.25) is 9.67 Å². The van der Waals surface area contributed by atoms with Crippen molar-refractivity contribution in [2.45, 2.75) is 13.1 Å². The molecule has 3 heterocycles. The van der Waals surface area contributed by atoms with E-state index in [-0.39, 0.29) is 12.4 Å². The third-order valence-electron chi connectivity index (χ3n) is 4.24.